The van der Waals surface area contributed by atoms with Gasteiger partial charge in [0.25, 0.3) is 0 Å². The molecule has 0 heterocycles. The summed E-state index contributed by atoms with van der Waals surface area (Å²) in [6, 6.07) is 3.72. The lowest BCUT2D eigenvalue weighted by Gasteiger charge is -2.14. The van der Waals surface area contributed by atoms with E-state index in [9.17, 15) is 14.4 Å². The minimum atomic E-state index is -0.343. The van der Waals surface area contributed by atoms with E-state index in [4.69, 9.17) is 15.2 Å². The largest absolute Gasteiger partial charge is 0.676 e. The molecule has 3 N–H and O–H groups in total. The summed E-state index contributed by atoms with van der Waals surface area (Å²) in [6.07, 6.45) is 0.137. The van der Waals surface area contributed by atoms with Crippen LogP contribution in [0, 0.1) is 13.8 Å². The predicted octanol–water partition coefficient (Wildman–Crippen LogP) is 1.88. The van der Waals surface area contributed by atoms with E-state index in [1.165, 1.54) is 6.92 Å². The van der Waals surface area contributed by atoms with Crippen LogP contribution in [0.4, 0.5) is 5.69 Å². The van der Waals surface area contributed by atoms with Crippen molar-refractivity contribution in [2.75, 3.05) is 31.6 Å². The highest BCUT2D eigenvalue weighted by Gasteiger charge is 2.10. The second-order valence-electron chi connectivity index (χ2n) is 5.84. The standard InChI is InChI=1S/C18H26N3O5/c1-12-8-15(10-26-14(3)22)9-13(2)18(12)21-16(23)4-6-20-17(24)11-25-7-5-19/h8-9,19H,4-7,10-11H2,1-3H3,(H,20,24)(H,21,23)/q-1. The van der Waals surface area contributed by atoms with Crippen molar-refractivity contribution in [3.63, 3.8) is 0 Å². The molecule has 0 fully saturated rings. The van der Waals surface area contributed by atoms with Gasteiger partial charge in [-0.3, -0.25) is 14.4 Å². The number of anilines is 1. The number of rotatable bonds is 10. The van der Waals surface area contributed by atoms with E-state index in [0.717, 1.165) is 16.7 Å². The first kappa shape index (κ1) is 21.6. The molecule has 0 bridgehead atoms. The lowest BCUT2D eigenvalue weighted by molar-refractivity contribution is -0.142. The fraction of sp³-hybridized carbons (Fsp3) is 0.500. The number of hydrogen-bond donors (Lipinski definition) is 2. The summed E-state index contributed by atoms with van der Waals surface area (Å²) >= 11 is 0. The number of aryl methyl sites for hydroxylation is 2. The van der Waals surface area contributed by atoms with Gasteiger partial charge in [-0.05, 0) is 30.5 Å². The Balaban J connectivity index is 2.48. The maximum atomic E-state index is 12.1. The lowest BCUT2D eigenvalue weighted by Crippen LogP contribution is -2.31. The topological polar surface area (TPSA) is 118 Å². The minimum Gasteiger partial charge on any atom is -0.676 e. The molecule has 0 aliphatic carbocycles. The van der Waals surface area contributed by atoms with Crippen LogP contribution in [0.2, 0.25) is 0 Å². The highest BCUT2D eigenvalue weighted by Crippen LogP contribution is 2.23. The van der Waals surface area contributed by atoms with Crippen LogP contribution in [0.1, 0.15) is 30.0 Å². The van der Waals surface area contributed by atoms with Crippen molar-refractivity contribution in [1.82, 2.24) is 5.32 Å². The van der Waals surface area contributed by atoms with Gasteiger partial charge in [0.2, 0.25) is 11.8 Å². The molecule has 1 rings (SSSR count). The molecule has 0 spiro atoms. The van der Waals surface area contributed by atoms with Gasteiger partial charge in [0.1, 0.15) is 13.2 Å². The van der Waals surface area contributed by atoms with Gasteiger partial charge in [-0.2, -0.15) is 0 Å². The first-order valence-electron chi connectivity index (χ1n) is 8.35. The summed E-state index contributed by atoms with van der Waals surface area (Å²) in [4.78, 5) is 34.4. The average Bonchev–Trinajstić information content (AvgIpc) is 2.56. The first-order valence-corrected chi connectivity index (χ1v) is 8.35. The summed E-state index contributed by atoms with van der Waals surface area (Å²) in [5.41, 5.74) is 10.2. The van der Waals surface area contributed by atoms with E-state index in [1.54, 1.807) is 0 Å². The molecule has 0 unspecified atom stereocenters. The molecule has 1 aromatic rings. The summed E-state index contributed by atoms with van der Waals surface area (Å²) < 4.78 is 9.93. The third-order valence-electron chi connectivity index (χ3n) is 3.45. The van der Waals surface area contributed by atoms with Crippen molar-refractivity contribution in [3.8, 4) is 0 Å². The van der Waals surface area contributed by atoms with E-state index >= 15 is 0 Å². The maximum absolute atomic E-state index is 12.1. The molecule has 0 aliphatic rings. The number of ether oxygens (including phenoxy) is 2. The Hall–Kier alpha value is -2.45. The van der Waals surface area contributed by atoms with E-state index in [1.807, 2.05) is 26.0 Å². The predicted molar refractivity (Wildman–Crippen MR) is 97.7 cm³/mol. The van der Waals surface area contributed by atoms with Gasteiger partial charge >= 0.3 is 5.97 Å². The zero-order valence-corrected chi connectivity index (χ0v) is 15.4. The van der Waals surface area contributed by atoms with Crippen LogP contribution in [0.25, 0.3) is 5.73 Å². The molecule has 0 radical (unpaired) electrons. The molecule has 26 heavy (non-hydrogen) atoms. The molecule has 144 valence electrons. The Morgan fingerprint density at radius 3 is 2.35 bits per heavy atom. The number of nitrogens with one attached hydrogen (secondary N) is 3. The van der Waals surface area contributed by atoms with E-state index < -0.39 is 0 Å². The molecule has 1 aromatic carbocycles. The fourth-order valence-corrected chi connectivity index (χ4v) is 2.32. The average molecular weight is 364 g/mol. The van der Waals surface area contributed by atoms with Gasteiger partial charge in [-0.1, -0.05) is 12.1 Å². The Labute approximate surface area is 153 Å². The monoisotopic (exact) mass is 364 g/mol. The Kier molecular flexibility index (Phi) is 9.32. The minimum absolute atomic E-state index is 0.105. The number of esters is 1. The normalized spacial score (nSPS) is 10.3. The Bertz CT molecular complexity index is 623. The second kappa shape index (κ2) is 11.2. The van der Waals surface area contributed by atoms with Crippen LogP contribution in [0.3, 0.4) is 0 Å². The number of hydrogen-bond acceptors (Lipinski definition) is 5. The third-order valence-corrected chi connectivity index (χ3v) is 3.45. The molecule has 0 saturated heterocycles. The highest BCUT2D eigenvalue weighted by molar-refractivity contribution is 5.92. The quantitative estimate of drug-likeness (QED) is 0.485. The van der Waals surface area contributed by atoms with Crippen LogP contribution in [-0.2, 0) is 30.5 Å². The SMILES string of the molecule is CC(=O)OCc1cc(C)c(NC(=O)CCNC(=O)COCC[NH-])c(C)c1. The van der Waals surface area contributed by atoms with Crippen molar-refractivity contribution >= 4 is 23.5 Å². The molecule has 0 saturated carbocycles. The Morgan fingerprint density at radius 2 is 1.77 bits per heavy atom. The van der Waals surface area contributed by atoms with Crippen molar-refractivity contribution in [1.29, 1.82) is 0 Å². The maximum Gasteiger partial charge on any atom is 0.302 e. The number of benzene rings is 1. The van der Waals surface area contributed by atoms with E-state index in [0.29, 0.717) is 5.69 Å². The Morgan fingerprint density at radius 1 is 1.12 bits per heavy atom. The molecule has 2 amide bonds. The summed E-state index contributed by atoms with van der Waals surface area (Å²) in [7, 11) is 0. The van der Waals surface area contributed by atoms with Crippen molar-refractivity contribution in [2.45, 2.75) is 33.8 Å². The van der Waals surface area contributed by atoms with Gasteiger partial charge in [0, 0.05) is 32.2 Å². The summed E-state index contributed by atoms with van der Waals surface area (Å²) in [5, 5.41) is 5.43. The van der Waals surface area contributed by atoms with Gasteiger partial charge in [0.15, 0.2) is 0 Å². The zero-order valence-electron chi connectivity index (χ0n) is 15.4. The number of carbonyl (C=O) groups excluding carboxylic acids is 3. The van der Waals surface area contributed by atoms with Crippen LogP contribution in [0.15, 0.2) is 12.1 Å². The smallest absolute Gasteiger partial charge is 0.302 e. The molecular weight excluding hydrogens is 338 g/mol. The van der Waals surface area contributed by atoms with Crippen molar-refractivity contribution in [3.05, 3.63) is 34.6 Å². The van der Waals surface area contributed by atoms with E-state index in [-0.39, 0.29) is 57.1 Å². The van der Waals surface area contributed by atoms with E-state index in [2.05, 4.69) is 10.6 Å². The summed E-state index contributed by atoms with van der Waals surface area (Å²) in [6.45, 7) is 5.69. The van der Waals surface area contributed by atoms with Gasteiger partial charge in [-0.25, -0.2) is 0 Å². The highest BCUT2D eigenvalue weighted by atomic mass is 16.5. The summed E-state index contributed by atoms with van der Waals surface area (Å²) in [5.74, 6) is -0.866. The van der Waals surface area contributed by atoms with Gasteiger partial charge < -0.3 is 25.8 Å². The number of carbonyl (C=O) groups is 3. The zero-order chi connectivity index (χ0) is 19.5. The number of amides is 2. The van der Waals surface area contributed by atoms with Crippen molar-refractivity contribution < 1.29 is 23.9 Å². The first-order chi connectivity index (χ1) is 12.3. The van der Waals surface area contributed by atoms with Gasteiger partial charge in [0.05, 0.1) is 0 Å². The van der Waals surface area contributed by atoms with Crippen LogP contribution >= 0.6 is 0 Å². The van der Waals surface area contributed by atoms with Crippen LogP contribution < -0.4 is 10.6 Å². The fourth-order valence-electron chi connectivity index (χ4n) is 2.32. The molecule has 0 aromatic heterocycles. The molecule has 0 aliphatic heterocycles. The lowest BCUT2D eigenvalue weighted by atomic mass is 10.0. The molecule has 8 heteroatoms. The van der Waals surface area contributed by atoms with Crippen molar-refractivity contribution in [2.24, 2.45) is 0 Å². The second-order valence-corrected chi connectivity index (χ2v) is 5.84. The molecule has 0 atom stereocenters. The molecule has 8 nitrogen and oxygen atoms in total. The van der Waals surface area contributed by atoms with Crippen LogP contribution in [-0.4, -0.2) is 44.1 Å². The third kappa shape index (κ3) is 8.09. The molecular formula is C18H26N3O5-. The van der Waals surface area contributed by atoms with Gasteiger partial charge in [-0.15, -0.1) is 6.54 Å². The van der Waals surface area contributed by atoms with Crippen LogP contribution in [0.5, 0.6) is 0 Å².